The molecule has 1 atom stereocenters. The average molecular weight is 454 g/mol. The topological polar surface area (TPSA) is 89.4 Å². The summed E-state index contributed by atoms with van der Waals surface area (Å²) in [7, 11) is 1.75. The minimum absolute atomic E-state index is 0.0111. The van der Waals surface area contributed by atoms with E-state index < -0.39 is 17.7 Å². The highest BCUT2D eigenvalue weighted by atomic mass is 16.6. The number of benzene rings is 1. The largest absolute Gasteiger partial charge is 0.436 e. The van der Waals surface area contributed by atoms with Crippen LogP contribution in [0.4, 0.5) is 10.5 Å². The molecule has 0 aliphatic heterocycles. The molecule has 3 rings (SSSR count). The first-order valence-corrected chi connectivity index (χ1v) is 11.6. The molecule has 178 valence electrons. The first kappa shape index (κ1) is 24.6. The van der Waals surface area contributed by atoms with E-state index in [4.69, 9.17) is 4.74 Å². The van der Waals surface area contributed by atoms with Crippen molar-refractivity contribution in [2.24, 2.45) is 13.0 Å². The Hall–Kier alpha value is -3.09. The Bertz CT molecular complexity index is 1040. The maximum atomic E-state index is 13.1. The molecule has 0 spiro atoms. The molecule has 0 saturated heterocycles. The second kappa shape index (κ2) is 10.2. The second-order valence-electron chi connectivity index (χ2n) is 9.90. The van der Waals surface area contributed by atoms with Crippen LogP contribution in [0.2, 0.25) is 0 Å². The normalized spacial score (nSPS) is 15.5. The fourth-order valence-electron chi connectivity index (χ4n) is 4.24. The minimum atomic E-state index is -0.835. The van der Waals surface area contributed by atoms with Crippen LogP contribution < -0.4 is 16.2 Å². The van der Waals surface area contributed by atoms with Crippen LogP contribution in [0.1, 0.15) is 58.6 Å². The van der Waals surface area contributed by atoms with Crippen LogP contribution in [-0.2, 0) is 16.6 Å². The molecule has 1 heterocycles. The zero-order chi connectivity index (χ0) is 24.2. The van der Waals surface area contributed by atoms with E-state index in [1.807, 2.05) is 58.0 Å². The van der Waals surface area contributed by atoms with E-state index in [2.05, 4.69) is 10.6 Å². The molecule has 1 fully saturated rings. The molecule has 33 heavy (non-hydrogen) atoms. The van der Waals surface area contributed by atoms with Gasteiger partial charge in [0.2, 0.25) is 5.56 Å². The number of anilines is 1. The summed E-state index contributed by atoms with van der Waals surface area (Å²) in [4.78, 5) is 37.4. The highest BCUT2D eigenvalue weighted by Gasteiger charge is 2.33. The maximum absolute atomic E-state index is 13.1. The van der Waals surface area contributed by atoms with E-state index in [-0.39, 0.29) is 17.4 Å². The number of carbonyl (C=O) groups excluding carboxylic acids is 2. The second-order valence-corrected chi connectivity index (χ2v) is 9.90. The smallest absolute Gasteiger partial charge is 0.408 e. The van der Waals surface area contributed by atoms with Gasteiger partial charge in [0.1, 0.15) is 0 Å². The van der Waals surface area contributed by atoms with Crippen molar-refractivity contribution in [3.8, 4) is 11.1 Å². The van der Waals surface area contributed by atoms with Gasteiger partial charge in [0.15, 0.2) is 6.10 Å². The van der Waals surface area contributed by atoms with E-state index in [0.29, 0.717) is 5.69 Å². The predicted octanol–water partition coefficient (Wildman–Crippen LogP) is 4.77. The number of amides is 2. The fourth-order valence-corrected chi connectivity index (χ4v) is 4.24. The molecule has 0 unspecified atom stereocenters. The molecule has 1 aromatic heterocycles. The number of aromatic nitrogens is 1. The SMILES string of the molecule is Cc1c(-c2ccc(NC(=O)[C@@H](OC(=O)NC(C)(C)C)C3CCCCC3)cc2)ccc(=O)n1C. The number of pyridine rings is 1. The van der Waals surface area contributed by atoms with Gasteiger partial charge in [-0.25, -0.2) is 4.79 Å². The Kier molecular flexibility index (Phi) is 7.61. The van der Waals surface area contributed by atoms with Gasteiger partial charge in [0.05, 0.1) is 0 Å². The molecule has 2 N–H and O–H groups in total. The summed E-state index contributed by atoms with van der Waals surface area (Å²) in [5.41, 5.74) is 2.91. The summed E-state index contributed by atoms with van der Waals surface area (Å²) >= 11 is 0. The van der Waals surface area contributed by atoms with Gasteiger partial charge in [0, 0.05) is 41.5 Å². The Balaban J connectivity index is 1.75. The molecule has 2 aromatic rings. The summed E-state index contributed by atoms with van der Waals surface area (Å²) in [5.74, 6) is -0.297. The van der Waals surface area contributed by atoms with Crippen molar-refractivity contribution in [1.29, 1.82) is 0 Å². The van der Waals surface area contributed by atoms with E-state index in [0.717, 1.165) is 48.9 Å². The number of nitrogens with zero attached hydrogens (tertiary/aromatic N) is 1. The van der Waals surface area contributed by atoms with Gasteiger partial charge in [-0.2, -0.15) is 0 Å². The van der Waals surface area contributed by atoms with Gasteiger partial charge in [0.25, 0.3) is 5.91 Å². The number of ether oxygens (including phenoxy) is 1. The van der Waals surface area contributed by atoms with Crippen molar-refractivity contribution < 1.29 is 14.3 Å². The van der Waals surface area contributed by atoms with Gasteiger partial charge in [-0.15, -0.1) is 0 Å². The lowest BCUT2D eigenvalue weighted by Gasteiger charge is -2.30. The lowest BCUT2D eigenvalue weighted by Crippen LogP contribution is -2.46. The monoisotopic (exact) mass is 453 g/mol. The van der Waals surface area contributed by atoms with Crippen molar-refractivity contribution in [1.82, 2.24) is 9.88 Å². The molecule has 0 radical (unpaired) electrons. The Morgan fingerprint density at radius 2 is 1.67 bits per heavy atom. The molecule has 0 bridgehead atoms. The predicted molar refractivity (Wildman–Crippen MR) is 130 cm³/mol. The van der Waals surface area contributed by atoms with Crippen LogP contribution in [0.15, 0.2) is 41.2 Å². The average Bonchev–Trinajstić information content (AvgIpc) is 2.76. The van der Waals surface area contributed by atoms with Crippen LogP contribution in [0.25, 0.3) is 11.1 Å². The summed E-state index contributed by atoms with van der Waals surface area (Å²) in [6.45, 7) is 7.52. The van der Waals surface area contributed by atoms with Crippen molar-refractivity contribution >= 4 is 17.7 Å². The van der Waals surface area contributed by atoms with Gasteiger partial charge >= 0.3 is 6.09 Å². The quantitative estimate of drug-likeness (QED) is 0.682. The number of hydrogen-bond acceptors (Lipinski definition) is 4. The maximum Gasteiger partial charge on any atom is 0.408 e. The van der Waals surface area contributed by atoms with Gasteiger partial charge in [-0.1, -0.05) is 31.4 Å². The Morgan fingerprint density at radius 3 is 2.27 bits per heavy atom. The number of carbonyl (C=O) groups is 2. The number of nitrogens with one attached hydrogen (secondary N) is 2. The molecule has 7 nitrogen and oxygen atoms in total. The zero-order valence-corrected chi connectivity index (χ0v) is 20.2. The van der Waals surface area contributed by atoms with E-state index in [9.17, 15) is 14.4 Å². The van der Waals surface area contributed by atoms with Crippen LogP contribution >= 0.6 is 0 Å². The third kappa shape index (κ3) is 6.46. The highest BCUT2D eigenvalue weighted by molar-refractivity contribution is 5.95. The molecular weight excluding hydrogens is 418 g/mol. The Labute approximate surface area is 195 Å². The highest BCUT2D eigenvalue weighted by Crippen LogP contribution is 2.29. The summed E-state index contributed by atoms with van der Waals surface area (Å²) in [6, 6.07) is 10.8. The van der Waals surface area contributed by atoms with Gasteiger partial charge in [-0.3, -0.25) is 9.59 Å². The number of rotatable bonds is 5. The van der Waals surface area contributed by atoms with E-state index in [1.165, 1.54) is 0 Å². The summed E-state index contributed by atoms with van der Waals surface area (Å²) in [5, 5.41) is 5.70. The lowest BCUT2D eigenvalue weighted by molar-refractivity contribution is -0.127. The van der Waals surface area contributed by atoms with Gasteiger partial charge < -0.3 is 19.9 Å². The van der Waals surface area contributed by atoms with Crippen LogP contribution in [0.5, 0.6) is 0 Å². The fraction of sp³-hybridized carbons (Fsp3) is 0.500. The molecule has 1 aliphatic carbocycles. The minimum Gasteiger partial charge on any atom is -0.436 e. The molecular formula is C26H35N3O4. The van der Waals surface area contributed by atoms with Crippen molar-refractivity contribution in [2.75, 3.05) is 5.32 Å². The molecule has 1 saturated carbocycles. The van der Waals surface area contributed by atoms with E-state index in [1.54, 1.807) is 17.7 Å². The first-order valence-electron chi connectivity index (χ1n) is 11.6. The van der Waals surface area contributed by atoms with Crippen molar-refractivity contribution in [3.05, 3.63) is 52.4 Å². The van der Waals surface area contributed by atoms with Crippen molar-refractivity contribution in [2.45, 2.75) is 71.4 Å². The zero-order valence-electron chi connectivity index (χ0n) is 20.2. The third-order valence-corrected chi connectivity index (χ3v) is 6.13. The van der Waals surface area contributed by atoms with Gasteiger partial charge in [-0.05, 0) is 64.3 Å². The van der Waals surface area contributed by atoms with E-state index >= 15 is 0 Å². The molecule has 2 amide bonds. The molecule has 1 aliphatic rings. The number of alkyl carbamates (subject to hydrolysis) is 1. The molecule has 1 aromatic carbocycles. The van der Waals surface area contributed by atoms with Crippen LogP contribution in [-0.4, -0.2) is 28.2 Å². The first-order chi connectivity index (χ1) is 15.5. The summed E-state index contributed by atoms with van der Waals surface area (Å²) in [6.07, 6.45) is 3.54. The molecule has 7 heteroatoms. The van der Waals surface area contributed by atoms with Crippen LogP contribution in [0.3, 0.4) is 0 Å². The third-order valence-electron chi connectivity index (χ3n) is 6.13. The standard InChI is InChI=1S/C26H35N3O4/c1-17-21(15-16-22(30)29(17)5)18-11-13-20(14-12-18)27-24(31)23(19-9-7-6-8-10-19)33-25(32)28-26(2,3)4/h11-16,19,23H,6-10H2,1-5H3,(H,27,31)(H,28,32)/t23-/m0/s1. The number of hydrogen-bond donors (Lipinski definition) is 2. The Morgan fingerprint density at radius 1 is 1.03 bits per heavy atom. The summed E-state index contributed by atoms with van der Waals surface area (Å²) < 4.78 is 7.25. The van der Waals surface area contributed by atoms with Crippen molar-refractivity contribution in [3.63, 3.8) is 0 Å². The van der Waals surface area contributed by atoms with Crippen LogP contribution in [0, 0.1) is 12.8 Å². The lowest BCUT2D eigenvalue weighted by atomic mass is 9.85.